The SMILES string of the molecule is CCCNC(CCc1cnccn1)C1CC1. The zero-order valence-electron chi connectivity index (χ0n) is 10.0. The molecule has 0 spiro atoms. The zero-order valence-corrected chi connectivity index (χ0v) is 10.0. The molecule has 0 aliphatic heterocycles. The molecule has 1 fully saturated rings. The monoisotopic (exact) mass is 219 g/mol. The fourth-order valence-electron chi connectivity index (χ4n) is 2.10. The second kappa shape index (κ2) is 5.94. The summed E-state index contributed by atoms with van der Waals surface area (Å²) in [4.78, 5) is 8.42. The highest BCUT2D eigenvalue weighted by atomic mass is 14.9. The largest absolute Gasteiger partial charge is 0.314 e. The van der Waals surface area contributed by atoms with Gasteiger partial charge < -0.3 is 5.32 Å². The van der Waals surface area contributed by atoms with E-state index in [9.17, 15) is 0 Å². The fraction of sp³-hybridized carbons (Fsp3) is 0.692. The highest BCUT2D eigenvalue weighted by molar-refractivity contribution is 4.97. The summed E-state index contributed by atoms with van der Waals surface area (Å²) in [5.74, 6) is 0.920. The van der Waals surface area contributed by atoms with Crippen LogP contribution in [0.3, 0.4) is 0 Å². The van der Waals surface area contributed by atoms with Crippen LogP contribution in [-0.2, 0) is 6.42 Å². The maximum Gasteiger partial charge on any atom is 0.0587 e. The summed E-state index contributed by atoms with van der Waals surface area (Å²) < 4.78 is 0. The van der Waals surface area contributed by atoms with Crippen molar-refractivity contribution < 1.29 is 0 Å². The minimum Gasteiger partial charge on any atom is -0.314 e. The zero-order chi connectivity index (χ0) is 11.2. The predicted molar refractivity (Wildman–Crippen MR) is 65.2 cm³/mol. The van der Waals surface area contributed by atoms with Gasteiger partial charge in [-0.3, -0.25) is 9.97 Å². The number of hydrogen-bond acceptors (Lipinski definition) is 3. The van der Waals surface area contributed by atoms with Crippen LogP contribution in [0.1, 0.15) is 38.3 Å². The Morgan fingerprint density at radius 3 is 2.94 bits per heavy atom. The van der Waals surface area contributed by atoms with E-state index < -0.39 is 0 Å². The van der Waals surface area contributed by atoms with Crippen LogP contribution in [-0.4, -0.2) is 22.6 Å². The molecule has 1 atom stereocenters. The van der Waals surface area contributed by atoms with Crippen LogP contribution in [0.25, 0.3) is 0 Å². The van der Waals surface area contributed by atoms with Gasteiger partial charge in [0.05, 0.1) is 5.69 Å². The van der Waals surface area contributed by atoms with Crippen molar-refractivity contribution in [1.82, 2.24) is 15.3 Å². The van der Waals surface area contributed by atoms with E-state index in [0.717, 1.165) is 24.6 Å². The molecule has 1 aliphatic carbocycles. The molecule has 0 aromatic carbocycles. The minimum absolute atomic E-state index is 0.696. The van der Waals surface area contributed by atoms with Crippen molar-refractivity contribution in [3.63, 3.8) is 0 Å². The standard InChI is InChI=1S/C13H21N3/c1-2-7-16-13(11-3-4-11)6-5-12-10-14-8-9-15-12/h8-11,13,16H,2-7H2,1H3. The van der Waals surface area contributed by atoms with E-state index in [-0.39, 0.29) is 0 Å². The number of aromatic nitrogens is 2. The lowest BCUT2D eigenvalue weighted by Crippen LogP contribution is -2.32. The average molecular weight is 219 g/mol. The Morgan fingerprint density at radius 2 is 2.31 bits per heavy atom. The summed E-state index contributed by atoms with van der Waals surface area (Å²) in [6.07, 6.45) is 11.7. The first-order valence-corrected chi connectivity index (χ1v) is 6.38. The molecule has 1 heterocycles. The van der Waals surface area contributed by atoms with Gasteiger partial charge in [0.15, 0.2) is 0 Å². The van der Waals surface area contributed by atoms with Gasteiger partial charge in [-0.15, -0.1) is 0 Å². The highest BCUT2D eigenvalue weighted by Gasteiger charge is 2.30. The van der Waals surface area contributed by atoms with E-state index in [4.69, 9.17) is 0 Å². The topological polar surface area (TPSA) is 37.8 Å². The quantitative estimate of drug-likeness (QED) is 0.764. The Kier molecular flexibility index (Phi) is 4.28. The predicted octanol–water partition coefficient (Wildman–Crippen LogP) is 2.19. The molecule has 1 aliphatic rings. The highest BCUT2D eigenvalue weighted by Crippen LogP contribution is 2.34. The van der Waals surface area contributed by atoms with Crippen molar-refractivity contribution in [3.05, 3.63) is 24.3 Å². The number of rotatable bonds is 7. The molecular weight excluding hydrogens is 198 g/mol. The first kappa shape index (κ1) is 11.5. The van der Waals surface area contributed by atoms with Crippen LogP contribution in [0.4, 0.5) is 0 Å². The second-order valence-electron chi connectivity index (χ2n) is 4.63. The Bertz CT molecular complexity index is 295. The van der Waals surface area contributed by atoms with Crippen LogP contribution in [0.15, 0.2) is 18.6 Å². The molecule has 0 amide bonds. The number of hydrogen-bond donors (Lipinski definition) is 1. The van der Waals surface area contributed by atoms with Crippen LogP contribution in [0.2, 0.25) is 0 Å². The maximum atomic E-state index is 4.32. The van der Waals surface area contributed by atoms with E-state index in [1.54, 1.807) is 12.4 Å². The van der Waals surface area contributed by atoms with E-state index in [1.165, 1.54) is 25.7 Å². The van der Waals surface area contributed by atoms with Gasteiger partial charge in [0.1, 0.15) is 0 Å². The van der Waals surface area contributed by atoms with E-state index in [2.05, 4.69) is 22.2 Å². The molecule has 1 unspecified atom stereocenters. The number of nitrogens with one attached hydrogen (secondary N) is 1. The molecule has 1 N–H and O–H groups in total. The summed E-state index contributed by atoms with van der Waals surface area (Å²) in [7, 11) is 0. The Morgan fingerprint density at radius 1 is 1.44 bits per heavy atom. The molecular formula is C13H21N3. The lowest BCUT2D eigenvalue weighted by Gasteiger charge is -2.17. The van der Waals surface area contributed by atoms with Crippen LogP contribution in [0.5, 0.6) is 0 Å². The van der Waals surface area contributed by atoms with Crippen molar-refractivity contribution in [2.75, 3.05) is 6.54 Å². The summed E-state index contributed by atoms with van der Waals surface area (Å²) in [6, 6.07) is 0.696. The van der Waals surface area contributed by atoms with E-state index in [1.807, 2.05) is 6.20 Å². The molecule has 1 aromatic heterocycles. The number of nitrogens with zero attached hydrogens (tertiary/aromatic N) is 2. The van der Waals surface area contributed by atoms with Crippen molar-refractivity contribution in [2.24, 2.45) is 5.92 Å². The van der Waals surface area contributed by atoms with Gasteiger partial charge in [-0.05, 0) is 44.6 Å². The fourth-order valence-corrected chi connectivity index (χ4v) is 2.10. The summed E-state index contributed by atoms with van der Waals surface area (Å²) in [5, 5.41) is 3.65. The first-order chi connectivity index (χ1) is 7.90. The Labute approximate surface area is 97.7 Å². The third-order valence-electron chi connectivity index (χ3n) is 3.18. The van der Waals surface area contributed by atoms with Gasteiger partial charge in [-0.1, -0.05) is 6.92 Å². The summed E-state index contributed by atoms with van der Waals surface area (Å²) in [6.45, 7) is 3.36. The van der Waals surface area contributed by atoms with Crippen LogP contribution >= 0.6 is 0 Å². The van der Waals surface area contributed by atoms with Crippen LogP contribution in [0, 0.1) is 5.92 Å². The van der Waals surface area contributed by atoms with Crippen molar-refractivity contribution in [3.8, 4) is 0 Å². The van der Waals surface area contributed by atoms with Gasteiger partial charge in [-0.25, -0.2) is 0 Å². The van der Waals surface area contributed by atoms with E-state index in [0.29, 0.717) is 6.04 Å². The summed E-state index contributed by atoms with van der Waals surface area (Å²) >= 11 is 0. The second-order valence-corrected chi connectivity index (χ2v) is 4.63. The van der Waals surface area contributed by atoms with Gasteiger partial charge in [-0.2, -0.15) is 0 Å². The molecule has 3 nitrogen and oxygen atoms in total. The van der Waals surface area contributed by atoms with Gasteiger partial charge in [0.2, 0.25) is 0 Å². The van der Waals surface area contributed by atoms with Gasteiger partial charge >= 0.3 is 0 Å². The molecule has 1 aromatic rings. The van der Waals surface area contributed by atoms with Crippen LogP contribution < -0.4 is 5.32 Å². The Balaban J connectivity index is 1.77. The third-order valence-corrected chi connectivity index (χ3v) is 3.18. The maximum absolute atomic E-state index is 4.32. The minimum atomic E-state index is 0.696. The lowest BCUT2D eigenvalue weighted by molar-refractivity contribution is 0.434. The smallest absolute Gasteiger partial charge is 0.0587 e. The molecule has 2 rings (SSSR count). The first-order valence-electron chi connectivity index (χ1n) is 6.38. The van der Waals surface area contributed by atoms with Crippen molar-refractivity contribution in [1.29, 1.82) is 0 Å². The lowest BCUT2D eigenvalue weighted by atomic mass is 10.1. The molecule has 3 heteroatoms. The normalized spacial score (nSPS) is 17.3. The molecule has 0 radical (unpaired) electrons. The molecule has 88 valence electrons. The van der Waals surface area contributed by atoms with E-state index >= 15 is 0 Å². The van der Waals surface area contributed by atoms with Gasteiger partial charge in [0.25, 0.3) is 0 Å². The molecule has 1 saturated carbocycles. The molecule has 0 bridgehead atoms. The van der Waals surface area contributed by atoms with Gasteiger partial charge in [0, 0.05) is 24.6 Å². The Hall–Kier alpha value is -0.960. The van der Waals surface area contributed by atoms with Crippen molar-refractivity contribution in [2.45, 2.75) is 45.1 Å². The number of aryl methyl sites for hydroxylation is 1. The third kappa shape index (κ3) is 3.56. The summed E-state index contributed by atoms with van der Waals surface area (Å²) in [5.41, 5.74) is 1.12. The average Bonchev–Trinajstić information content (AvgIpc) is 3.15. The molecule has 0 saturated heterocycles. The molecule has 16 heavy (non-hydrogen) atoms. The van der Waals surface area contributed by atoms with Crippen molar-refractivity contribution >= 4 is 0 Å².